The van der Waals surface area contributed by atoms with E-state index in [2.05, 4.69) is 10.1 Å². The van der Waals surface area contributed by atoms with Crippen molar-refractivity contribution in [2.24, 2.45) is 0 Å². The molecule has 1 amide bonds. The summed E-state index contributed by atoms with van der Waals surface area (Å²) in [6.07, 6.45) is 1.92. The first-order valence-corrected chi connectivity index (χ1v) is 5.77. The SMILES string of the molecule is COC(=O)CCCCC(=O)Nc1cccc(O)c1. The maximum Gasteiger partial charge on any atom is 0.305 e. The lowest BCUT2D eigenvalue weighted by molar-refractivity contribution is -0.140. The van der Waals surface area contributed by atoms with Crippen LogP contribution in [0.25, 0.3) is 0 Å². The fourth-order valence-corrected chi connectivity index (χ4v) is 1.46. The quantitative estimate of drug-likeness (QED) is 0.599. The number of aromatic hydroxyl groups is 1. The van der Waals surface area contributed by atoms with E-state index in [1.807, 2.05) is 0 Å². The van der Waals surface area contributed by atoms with Crippen molar-refractivity contribution >= 4 is 17.6 Å². The third kappa shape index (κ3) is 5.34. The van der Waals surface area contributed by atoms with Gasteiger partial charge in [0.15, 0.2) is 0 Å². The molecular formula is C13H17NO4. The van der Waals surface area contributed by atoms with Gasteiger partial charge in [0.25, 0.3) is 0 Å². The Kier molecular flexibility index (Phi) is 5.70. The second-order valence-electron chi connectivity index (χ2n) is 3.88. The van der Waals surface area contributed by atoms with Crippen molar-refractivity contribution in [3.8, 4) is 5.75 Å². The van der Waals surface area contributed by atoms with Gasteiger partial charge in [-0.3, -0.25) is 9.59 Å². The number of carbonyl (C=O) groups excluding carboxylic acids is 2. The molecule has 1 aromatic carbocycles. The number of carbonyl (C=O) groups is 2. The molecule has 2 N–H and O–H groups in total. The number of unbranched alkanes of at least 4 members (excludes halogenated alkanes) is 1. The zero-order chi connectivity index (χ0) is 13.4. The number of phenols is 1. The van der Waals surface area contributed by atoms with Crippen molar-refractivity contribution in [3.05, 3.63) is 24.3 Å². The smallest absolute Gasteiger partial charge is 0.305 e. The molecule has 98 valence electrons. The summed E-state index contributed by atoms with van der Waals surface area (Å²) in [4.78, 5) is 22.4. The van der Waals surface area contributed by atoms with E-state index in [9.17, 15) is 14.7 Å². The van der Waals surface area contributed by atoms with Crippen LogP contribution in [-0.2, 0) is 14.3 Å². The Bertz CT molecular complexity index is 417. The van der Waals surface area contributed by atoms with Gasteiger partial charge in [0.1, 0.15) is 5.75 Å². The minimum absolute atomic E-state index is 0.110. The standard InChI is InChI=1S/C13H17NO4/c1-18-13(17)8-3-2-7-12(16)14-10-5-4-6-11(15)9-10/h4-6,9,15H,2-3,7-8H2,1H3,(H,14,16). The van der Waals surface area contributed by atoms with Gasteiger partial charge in [-0.2, -0.15) is 0 Å². The van der Waals surface area contributed by atoms with E-state index in [1.54, 1.807) is 12.1 Å². The molecule has 0 aromatic heterocycles. The fraction of sp³-hybridized carbons (Fsp3) is 0.385. The molecule has 5 heteroatoms. The van der Waals surface area contributed by atoms with Crippen LogP contribution in [0.4, 0.5) is 5.69 Å². The molecule has 1 rings (SSSR count). The molecule has 0 radical (unpaired) electrons. The third-order valence-electron chi connectivity index (χ3n) is 2.39. The molecule has 0 atom stereocenters. The van der Waals surface area contributed by atoms with E-state index in [4.69, 9.17) is 0 Å². The van der Waals surface area contributed by atoms with E-state index in [1.165, 1.54) is 19.2 Å². The van der Waals surface area contributed by atoms with Gasteiger partial charge in [-0.25, -0.2) is 0 Å². The molecular weight excluding hydrogens is 234 g/mol. The van der Waals surface area contributed by atoms with Crippen LogP contribution in [0.15, 0.2) is 24.3 Å². The number of rotatable bonds is 6. The van der Waals surface area contributed by atoms with Gasteiger partial charge in [0.05, 0.1) is 7.11 Å². The third-order valence-corrected chi connectivity index (χ3v) is 2.39. The van der Waals surface area contributed by atoms with Crippen molar-refractivity contribution in [2.75, 3.05) is 12.4 Å². The highest BCUT2D eigenvalue weighted by Crippen LogP contribution is 2.15. The second-order valence-corrected chi connectivity index (χ2v) is 3.88. The predicted molar refractivity (Wildman–Crippen MR) is 67.2 cm³/mol. The molecule has 0 fully saturated rings. The van der Waals surface area contributed by atoms with Gasteiger partial charge in [-0.05, 0) is 25.0 Å². The minimum atomic E-state index is -0.261. The highest BCUT2D eigenvalue weighted by molar-refractivity contribution is 5.90. The number of esters is 1. The first-order chi connectivity index (χ1) is 8.61. The van der Waals surface area contributed by atoms with Crippen molar-refractivity contribution < 1.29 is 19.4 Å². The lowest BCUT2D eigenvalue weighted by Crippen LogP contribution is -2.11. The number of phenolic OH excluding ortho intramolecular Hbond substituents is 1. The molecule has 0 aliphatic heterocycles. The molecule has 0 unspecified atom stereocenters. The summed E-state index contributed by atoms with van der Waals surface area (Å²) in [7, 11) is 1.34. The average Bonchev–Trinajstić information content (AvgIpc) is 2.34. The lowest BCUT2D eigenvalue weighted by atomic mass is 10.2. The molecule has 0 aliphatic carbocycles. The summed E-state index contributed by atoms with van der Waals surface area (Å²) in [5.41, 5.74) is 0.563. The minimum Gasteiger partial charge on any atom is -0.508 e. The van der Waals surface area contributed by atoms with E-state index >= 15 is 0 Å². The van der Waals surface area contributed by atoms with Gasteiger partial charge in [-0.1, -0.05) is 6.07 Å². The molecule has 1 aromatic rings. The Hall–Kier alpha value is -2.04. The molecule has 0 saturated heterocycles. The van der Waals surface area contributed by atoms with Crippen LogP contribution in [0.5, 0.6) is 5.75 Å². The van der Waals surface area contributed by atoms with Crippen LogP contribution in [0, 0.1) is 0 Å². The number of methoxy groups -OCH3 is 1. The Morgan fingerprint density at radius 3 is 2.67 bits per heavy atom. The summed E-state index contributed by atoms with van der Waals surface area (Å²) in [6.45, 7) is 0. The number of hydrogen-bond donors (Lipinski definition) is 2. The first-order valence-electron chi connectivity index (χ1n) is 5.77. The van der Waals surface area contributed by atoms with Crippen LogP contribution >= 0.6 is 0 Å². The highest BCUT2D eigenvalue weighted by atomic mass is 16.5. The van der Waals surface area contributed by atoms with Gasteiger partial charge < -0.3 is 15.2 Å². The Labute approximate surface area is 106 Å². The molecule has 0 saturated carbocycles. The van der Waals surface area contributed by atoms with Crippen LogP contribution < -0.4 is 5.32 Å². The van der Waals surface area contributed by atoms with Gasteiger partial charge in [0.2, 0.25) is 5.91 Å². The largest absolute Gasteiger partial charge is 0.508 e. The van der Waals surface area contributed by atoms with Gasteiger partial charge in [0, 0.05) is 24.6 Å². The van der Waals surface area contributed by atoms with Crippen molar-refractivity contribution in [3.63, 3.8) is 0 Å². The summed E-state index contributed by atoms with van der Waals surface area (Å²) >= 11 is 0. The van der Waals surface area contributed by atoms with Crippen LogP contribution in [0.3, 0.4) is 0 Å². The van der Waals surface area contributed by atoms with Crippen LogP contribution in [0.1, 0.15) is 25.7 Å². The summed E-state index contributed by atoms with van der Waals surface area (Å²) in [5.74, 6) is -0.285. The predicted octanol–water partition coefficient (Wildman–Crippen LogP) is 2.06. The van der Waals surface area contributed by atoms with E-state index < -0.39 is 0 Å². The average molecular weight is 251 g/mol. The monoisotopic (exact) mass is 251 g/mol. The van der Waals surface area contributed by atoms with Crippen LogP contribution in [-0.4, -0.2) is 24.1 Å². The number of benzene rings is 1. The van der Waals surface area contributed by atoms with Crippen molar-refractivity contribution in [1.82, 2.24) is 0 Å². The van der Waals surface area contributed by atoms with Crippen LogP contribution in [0.2, 0.25) is 0 Å². The lowest BCUT2D eigenvalue weighted by Gasteiger charge is -2.05. The zero-order valence-corrected chi connectivity index (χ0v) is 10.3. The summed E-state index contributed by atoms with van der Waals surface area (Å²) < 4.78 is 4.50. The second kappa shape index (κ2) is 7.32. The number of hydrogen-bond acceptors (Lipinski definition) is 4. The van der Waals surface area contributed by atoms with Gasteiger partial charge >= 0.3 is 5.97 Å². The van der Waals surface area contributed by atoms with Gasteiger partial charge in [-0.15, -0.1) is 0 Å². The number of amides is 1. The number of nitrogens with one attached hydrogen (secondary N) is 1. The summed E-state index contributed by atoms with van der Waals surface area (Å²) in [6, 6.07) is 6.37. The van der Waals surface area contributed by atoms with Crippen molar-refractivity contribution in [2.45, 2.75) is 25.7 Å². The maximum atomic E-state index is 11.5. The van der Waals surface area contributed by atoms with Crippen molar-refractivity contribution in [1.29, 1.82) is 0 Å². The maximum absolute atomic E-state index is 11.5. The molecule has 0 aliphatic rings. The topological polar surface area (TPSA) is 75.6 Å². The van der Waals surface area contributed by atoms with E-state index in [-0.39, 0.29) is 17.6 Å². The highest BCUT2D eigenvalue weighted by Gasteiger charge is 2.04. The summed E-state index contributed by atoms with van der Waals surface area (Å²) in [5, 5.41) is 11.9. The number of anilines is 1. The first kappa shape index (κ1) is 14.0. The number of ether oxygens (including phenoxy) is 1. The normalized spacial score (nSPS) is 9.83. The molecule has 0 heterocycles. The van der Waals surface area contributed by atoms with E-state index in [0.717, 1.165) is 0 Å². The Morgan fingerprint density at radius 2 is 2.00 bits per heavy atom. The molecule has 5 nitrogen and oxygen atoms in total. The van der Waals surface area contributed by atoms with E-state index in [0.29, 0.717) is 31.4 Å². The zero-order valence-electron chi connectivity index (χ0n) is 10.3. The Balaban J connectivity index is 2.24. The molecule has 0 bridgehead atoms. The fourth-order valence-electron chi connectivity index (χ4n) is 1.46. The molecule has 18 heavy (non-hydrogen) atoms. The Morgan fingerprint density at radius 1 is 1.28 bits per heavy atom. The molecule has 0 spiro atoms.